The van der Waals surface area contributed by atoms with Gasteiger partial charge in [0.1, 0.15) is 11.5 Å². The molecule has 0 aliphatic heterocycles. The normalized spacial score (nSPS) is 12.0. The van der Waals surface area contributed by atoms with Gasteiger partial charge in [0.25, 0.3) is 0 Å². The number of fused-ring (bicyclic) bond motifs is 1. The van der Waals surface area contributed by atoms with Crippen LogP contribution in [0.3, 0.4) is 0 Å². The summed E-state index contributed by atoms with van der Waals surface area (Å²) in [5.41, 5.74) is -0.656. The van der Waals surface area contributed by atoms with Gasteiger partial charge in [0.05, 0.1) is 5.56 Å². The fourth-order valence-electron chi connectivity index (χ4n) is 1.64. The number of rotatable bonds is 1. The largest absolute Gasteiger partial charge is 0.508 e. The van der Waals surface area contributed by atoms with Gasteiger partial charge in [0, 0.05) is 9.86 Å². The average Bonchev–Trinajstić information content (AvgIpc) is 2.14. The zero-order valence-corrected chi connectivity index (χ0v) is 9.94. The third-order valence-electron chi connectivity index (χ3n) is 2.37. The molecule has 2 rings (SSSR count). The maximum atomic E-state index is 13.0. The number of halogens is 2. The van der Waals surface area contributed by atoms with E-state index in [4.69, 9.17) is 10.2 Å². The first kappa shape index (κ1) is 12.1. The van der Waals surface area contributed by atoms with Crippen LogP contribution in [0.25, 0.3) is 10.8 Å². The second-order valence-electron chi connectivity index (χ2n) is 3.57. The van der Waals surface area contributed by atoms with E-state index in [0.29, 0.717) is 9.86 Å². The Morgan fingerprint density at radius 2 is 1.76 bits per heavy atom. The number of hydrogen-bond donors (Lipinski definition) is 4. The fourth-order valence-corrected chi connectivity index (χ4v) is 2.29. The van der Waals surface area contributed by atoms with Crippen molar-refractivity contribution >= 4 is 26.7 Å². The summed E-state index contributed by atoms with van der Waals surface area (Å²) < 4.78 is 13.3. The monoisotopic (exact) mass is 302 g/mol. The molecule has 2 aromatic carbocycles. The van der Waals surface area contributed by atoms with Crippen LogP contribution in [0.1, 0.15) is 5.56 Å². The molecule has 0 fully saturated rings. The molecule has 0 aromatic heterocycles. The van der Waals surface area contributed by atoms with Gasteiger partial charge >= 0.3 is 6.04 Å². The van der Waals surface area contributed by atoms with E-state index < -0.39 is 17.4 Å². The first-order valence-corrected chi connectivity index (χ1v) is 5.38. The molecule has 0 aliphatic carbocycles. The second-order valence-corrected chi connectivity index (χ2v) is 4.43. The van der Waals surface area contributed by atoms with Crippen molar-refractivity contribution < 1.29 is 24.8 Å². The van der Waals surface area contributed by atoms with Gasteiger partial charge in [0.2, 0.25) is 0 Å². The fraction of sp³-hybridized carbons (Fsp3) is 0.0909. The van der Waals surface area contributed by atoms with Crippen LogP contribution in [0.5, 0.6) is 11.5 Å². The zero-order valence-electron chi connectivity index (χ0n) is 8.35. The van der Waals surface area contributed by atoms with Crippen LogP contribution >= 0.6 is 15.9 Å². The van der Waals surface area contributed by atoms with E-state index in [0.717, 1.165) is 6.07 Å². The maximum Gasteiger partial charge on any atom is 0.347 e. The first-order chi connectivity index (χ1) is 7.80. The minimum Gasteiger partial charge on any atom is -0.508 e. The van der Waals surface area contributed by atoms with Crippen LogP contribution in [0.2, 0.25) is 0 Å². The summed E-state index contributed by atoms with van der Waals surface area (Å²) in [4.78, 5) is 0. The minimum absolute atomic E-state index is 0.0315. The quantitative estimate of drug-likeness (QED) is 0.608. The van der Waals surface area contributed by atoms with E-state index in [1.807, 2.05) is 0 Å². The van der Waals surface area contributed by atoms with Gasteiger partial charge < -0.3 is 20.4 Å². The van der Waals surface area contributed by atoms with Crippen molar-refractivity contribution in [2.24, 2.45) is 0 Å². The lowest BCUT2D eigenvalue weighted by atomic mass is 10.0. The predicted molar refractivity (Wildman–Crippen MR) is 62.2 cm³/mol. The summed E-state index contributed by atoms with van der Waals surface area (Å²) >= 11 is 3.09. The SMILES string of the molecule is Oc1cc(Br)c2c(O)c(C(O)(O)F)ccc2c1. The lowest BCUT2D eigenvalue weighted by Crippen LogP contribution is -2.17. The predicted octanol–water partition coefficient (Wildman–Crippen LogP) is 2.08. The van der Waals surface area contributed by atoms with Gasteiger partial charge in [-0.05, 0) is 39.5 Å². The summed E-state index contributed by atoms with van der Waals surface area (Å²) in [5.74, 6) is -0.627. The van der Waals surface area contributed by atoms with Gasteiger partial charge in [-0.2, -0.15) is 4.39 Å². The Balaban J connectivity index is 2.85. The number of alkyl halides is 1. The molecule has 0 radical (unpaired) electrons. The molecule has 90 valence electrons. The molecule has 4 N–H and O–H groups in total. The Bertz CT molecular complexity index is 592. The third kappa shape index (κ3) is 2.06. The molecular weight excluding hydrogens is 295 g/mol. The average molecular weight is 303 g/mol. The topological polar surface area (TPSA) is 80.9 Å². The van der Waals surface area contributed by atoms with Crippen molar-refractivity contribution in [3.8, 4) is 11.5 Å². The van der Waals surface area contributed by atoms with E-state index in [9.17, 15) is 14.6 Å². The number of phenols is 2. The summed E-state index contributed by atoms with van der Waals surface area (Å²) in [6, 6.07) is 1.44. The number of benzene rings is 2. The van der Waals surface area contributed by atoms with Crippen LogP contribution in [0.4, 0.5) is 4.39 Å². The Hall–Kier alpha value is -1.37. The molecule has 0 aliphatic rings. The number of aliphatic hydroxyl groups is 2. The van der Waals surface area contributed by atoms with Crippen LogP contribution < -0.4 is 0 Å². The van der Waals surface area contributed by atoms with Gasteiger partial charge in [-0.15, -0.1) is 0 Å². The molecule has 0 heterocycles. The molecule has 0 amide bonds. The molecule has 17 heavy (non-hydrogen) atoms. The summed E-state index contributed by atoms with van der Waals surface area (Å²) in [5, 5.41) is 37.4. The van der Waals surface area contributed by atoms with Crippen molar-refractivity contribution in [2.45, 2.75) is 6.04 Å². The second kappa shape index (κ2) is 3.83. The maximum absolute atomic E-state index is 13.0. The molecule has 0 spiro atoms. The summed E-state index contributed by atoms with van der Waals surface area (Å²) in [7, 11) is 0. The Kier molecular flexibility index (Phi) is 2.73. The van der Waals surface area contributed by atoms with Crippen LogP contribution in [0.15, 0.2) is 28.7 Å². The lowest BCUT2D eigenvalue weighted by molar-refractivity contribution is -0.270. The lowest BCUT2D eigenvalue weighted by Gasteiger charge is -2.15. The zero-order chi connectivity index (χ0) is 12.8. The highest BCUT2D eigenvalue weighted by atomic mass is 79.9. The molecule has 4 nitrogen and oxygen atoms in total. The van der Waals surface area contributed by atoms with Crippen LogP contribution in [-0.4, -0.2) is 20.4 Å². The highest BCUT2D eigenvalue weighted by Gasteiger charge is 2.29. The molecule has 0 atom stereocenters. The van der Waals surface area contributed by atoms with E-state index in [2.05, 4.69) is 15.9 Å². The molecule has 0 saturated heterocycles. The molecule has 0 unspecified atom stereocenters. The van der Waals surface area contributed by atoms with E-state index in [1.165, 1.54) is 18.2 Å². The molecule has 0 saturated carbocycles. The standard InChI is InChI=1S/C11H8BrFO4/c12-8-4-6(14)3-5-1-2-7(11(13,16)17)10(15)9(5)8/h1-4,14-17H. The van der Waals surface area contributed by atoms with Crippen LogP contribution in [0, 0.1) is 0 Å². The van der Waals surface area contributed by atoms with Crippen molar-refractivity contribution in [3.63, 3.8) is 0 Å². The Labute approximate surface area is 104 Å². The molecule has 6 heteroatoms. The summed E-state index contributed by atoms with van der Waals surface area (Å²) in [6.45, 7) is 0. The van der Waals surface area contributed by atoms with Gasteiger partial charge in [0.15, 0.2) is 0 Å². The number of hydrogen-bond acceptors (Lipinski definition) is 4. The Morgan fingerprint density at radius 1 is 1.12 bits per heavy atom. The smallest absolute Gasteiger partial charge is 0.347 e. The van der Waals surface area contributed by atoms with Crippen molar-refractivity contribution in [3.05, 3.63) is 34.3 Å². The van der Waals surface area contributed by atoms with E-state index in [1.54, 1.807) is 0 Å². The van der Waals surface area contributed by atoms with Crippen molar-refractivity contribution in [1.29, 1.82) is 0 Å². The van der Waals surface area contributed by atoms with E-state index in [-0.39, 0.29) is 11.1 Å². The van der Waals surface area contributed by atoms with Crippen molar-refractivity contribution in [1.82, 2.24) is 0 Å². The highest BCUT2D eigenvalue weighted by Crippen LogP contribution is 2.40. The summed E-state index contributed by atoms with van der Waals surface area (Å²) in [6.07, 6.45) is 0. The number of aromatic hydroxyl groups is 2. The highest BCUT2D eigenvalue weighted by molar-refractivity contribution is 9.10. The number of phenolic OH excluding ortho intramolecular Hbond substituents is 2. The minimum atomic E-state index is -3.62. The third-order valence-corrected chi connectivity index (χ3v) is 3.00. The Morgan fingerprint density at radius 3 is 2.35 bits per heavy atom. The van der Waals surface area contributed by atoms with Crippen molar-refractivity contribution in [2.75, 3.05) is 0 Å². The first-order valence-electron chi connectivity index (χ1n) is 4.59. The molecule has 0 bridgehead atoms. The van der Waals surface area contributed by atoms with Crippen LogP contribution in [-0.2, 0) is 6.04 Å². The molecular formula is C11H8BrFO4. The molecule has 2 aromatic rings. The van der Waals surface area contributed by atoms with Gasteiger partial charge in [-0.25, -0.2) is 0 Å². The van der Waals surface area contributed by atoms with Gasteiger partial charge in [-0.1, -0.05) is 6.07 Å². The van der Waals surface area contributed by atoms with Gasteiger partial charge in [-0.3, -0.25) is 0 Å². The van der Waals surface area contributed by atoms with E-state index >= 15 is 0 Å².